The third-order valence-electron chi connectivity index (χ3n) is 2.54. The van der Waals surface area contributed by atoms with Crippen LogP contribution in [0.15, 0.2) is 18.2 Å². The maximum Gasteiger partial charge on any atom is 0.228 e. The number of benzene rings is 1. The topological polar surface area (TPSA) is 17.1 Å². The maximum absolute atomic E-state index is 11.1. The molecule has 16 heavy (non-hydrogen) atoms. The Labute approximate surface area is 118 Å². The highest BCUT2D eigenvalue weighted by Gasteiger charge is 2.67. The molecule has 6 heteroatoms. The Morgan fingerprint density at radius 3 is 2.00 bits per heavy atom. The SMILES string of the molecule is O=C(Cl)[C@@H]1[C@@H](c2cc(Cl)cc(Cl)c2)C1(Cl)Cl. The Balaban J connectivity index is 2.37. The van der Waals surface area contributed by atoms with Crippen LogP contribution in [0.3, 0.4) is 0 Å². The van der Waals surface area contributed by atoms with Crippen LogP contribution in [0, 0.1) is 5.92 Å². The van der Waals surface area contributed by atoms with Crippen LogP contribution >= 0.6 is 58.0 Å². The van der Waals surface area contributed by atoms with Crippen LogP contribution in [0.25, 0.3) is 0 Å². The molecule has 0 aromatic heterocycles. The van der Waals surface area contributed by atoms with Gasteiger partial charge < -0.3 is 0 Å². The van der Waals surface area contributed by atoms with Gasteiger partial charge in [0.1, 0.15) is 4.33 Å². The summed E-state index contributed by atoms with van der Waals surface area (Å²) in [5.41, 5.74) is 0.724. The van der Waals surface area contributed by atoms with Gasteiger partial charge in [0.2, 0.25) is 5.24 Å². The lowest BCUT2D eigenvalue weighted by Crippen LogP contribution is -1.96. The summed E-state index contributed by atoms with van der Waals surface area (Å²) in [7, 11) is 0. The van der Waals surface area contributed by atoms with Crippen molar-refractivity contribution in [2.24, 2.45) is 5.92 Å². The quantitative estimate of drug-likeness (QED) is 0.573. The minimum absolute atomic E-state index is 0.350. The van der Waals surface area contributed by atoms with Gasteiger partial charge in [0.15, 0.2) is 0 Å². The standard InChI is InChI=1S/C10H5Cl5O/c11-5-1-4(2-6(12)3-5)7-8(9(13)16)10(7,14)15/h1-3,7-8H/t7-,8+/m1/s1. The normalized spacial score (nSPS) is 26.6. The maximum atomic E-state index is 11.1. The van der Waals surface area contributed by atoms with Gasteiger partial charge in [-0.25, -0.2) is 0 Å². The van der Waals surface area contributed by atoms with Crippen molar-refractivity contribution in [1.29, 1.82) is 0 Å². The second-order valence-electron chi connectivity index (χ2n) is 3.64. The van der Waals surface area contributed by atoms with Crippen molar-refractivity contribution in [3.05, 3.63) is 33.8 Å². The van der Waals surface area contributed by atoms with E-state index in [4.69, 9.17) is 58.0 Å². The Morgan fingerprint density at radius 2 is 1.62 bits per heavy atom. The molecule has 0 bridgehead atoms. The van der Waals surface area contributed by atoms with E-state index in [9.17, 15) is 4.79 Å². The van der Waals surface area contributed by atoms with Crippen molar-refractivity contribution in [3.63, 3.8) is 0 Å². The predicted octanol–water partition coefficient (Wildman–Crippen LogP) is 4.65. The molecule has 2 rings (SSSR count). The first-order chi connectivity index (χ1) is 7.34. The average molecular weight is 318 g/mol. The van der Waals surface area contributed by atoms with Gasteiger partial charge >= 0.3 is 0 Å². The number of halogens is 5. The Morgan fingerprint density at radius 1 is 1.12 bits per heavy atom. The summed E-state index contributed by atoms with van der Waals surface area (Å²) in [4.78, 5) is 11.1. The van der Waals surface area contributed by atoms with Gasteiger partial charge in [0, 0.05) is 16.0 Å². The number of hydrogen-bond acceptors (Lipinski definition) is 1. The minimum Gasteiger partial charge on any atom is -0.281 e. The van der Waals surface area contributed by atoms with E-state index in [2.05, 4.69) is 0 Å². The first-order valence-electron chi connectivity index (χ1n) is 4.37. The third-order valence-corrected chi connectivity index (χ3v) is 4.15. The van der Waals surface area contributed by atoms with Gasteiger partial charge in [-0.2, -0.15) is 0 Å². The van der Waals surface area contributed by atoms with E-state index in [0.29, 0.717) is 10.0 Å². The molecule has 1 aliphatic carbocycles. The van der Waals surface area contributed by atoms with E-state index in [-0.39, 0.29) is 5.92 Å². The van der Waals surface area contributed by atoms with Crippen LogP contribution in [-0.4, -0.2) is 9.58 Å². The van der Waals surface area contributed by atoms with Crippen LogP contribution < -0.4 is 0 Å². The Kier molecular flexibility index (Phi) is 3.37. The highest BCUT2D eigenvalue weighted by Crippen LogP contribution is 2.65. The molecule has 1 aliphatic rings. The second-order valence-corrected chi connectivity index (χ2v) is 6.33. The van der Waals surface area contributed by atoms with Crippen molar-refractivity contribution in [3.8, 4) is 0 Å². The van der Waals surface area contributed by atoms with E-state index in [1.165, 1.54) is 0 Å². The Bertz CT molecular complexity index is 436. The molecule has 0 N–H and O–H groups in total. The van der Waals surface area contributed by atoms with Crippen molar-refractivity contribution in [2.75, 3.05) is 0 Å². The third kappa shape index (κ3) is 2.16. The summed E-state index contributed by atoms with van der Waals surface area (Å²) in [5.74, 6) is -0.955. The highest BCUT2D eigenvalue weighted by atomic mass is 35.5. The van der Waals surface area contributed by atoms with Gasteiger partial charge in [0.25, 0.3) is 0 Å². The fourth-order valence-electron chi connectivity index (χ4n) is 1.78. The fraction of sp³-hybridized carbons (Fsp3) is 0.300. The number of hydrogen-bond donors (Lipinski definition) is 0. The van der Waals surface area contributed by atoms with E-state index in [1.807, 2.05) is 0 Å². The Hall–Kier alpha value is 0.340. The summed E-state index contributed by atoms with van der Waals surface area (Å²) < 4.78 is -1.16. The molecule has 0 aliphatic heterocycles. The molecular weight excluding hydrogens is 313 g/mol. The average Bonchev–Trinajstić information content (AvgIpc) is 2.67. The van der Waals surface area contributed by atoms with Gasteiger partial charge in [0.05, 0.1) is 5.92 Å². The molecule has 2 atom stereocenters. The van der Waals surface area contributed by atoms with Gasteiger partial charge in [-0.15, -0.1) is 23.2 Å². The van der Waals surface area contributed by atoms with Crippen LogP contribution in [-0.2, 0) is 4.79 Å². The minimum atomic E-state index is -1.16. The van der Waals surface area contributed by atoms with Crippen LogP contribution in [0.4, 0.5) is 0 Å². The molecule has 0 radical (unpaired) electrons. The zero-order valence-corrected chi connectivity index (χ0v) is 11.5. The second kappa shape index (κ2) is 4.22. The van der Waals surface area contributed by atoms with E-state index < -0.39 is 15.5 Å². The first kappa shape index (κ1) is 12.8. The summed E-state index contributed by atoms with van der Waals surface area (Å²) in [5, 5.41) is 0.393. The summed E-state index contributed by atoms with van der Waals surface area (Å²) >= 11 is 29.1. The lowest BCUT2D eigenvalue weighted by Gasteiger charge is -2.02. The smallest absolute Gasteiger partial charge is 0.228 e. The van der Waals surface area contributed by atoms with E-state index in [0.717, 1.165) is 5.56 Å². The fourth-order valence-corrected chi connectivity index (χ4v) is 3.56. The summed E-state index contributed by atoms with van der Waals surface area (Å²) in [6, 6.07) is 4.95. The first-order valence-corrected chi connectivity index (χ1v) is 6.26. The molecule has 0 heterocycles. The van der Waals surface area contributed by atoms with Crippen LogP contribution in [0.2, 0.25) is 10.0 Å². The zero-order chi connectivity index (χ0) is 12.1. The summed E-state index contributed by atoms with van der Waals surface area (Å²) in [6.45, 7) is 0. The monoisotopic (exact) mass is 316 g/mol. The number of carbonyl (C=O) groups excluding carboxylic acids is 1. The molecule has 1 fully saturated rings. The number of rotatable bonds is 2. The molecule has 0 amide bonds. The highest BCUT2D eigenvalue weighted by molar-refractivity contribution is 6.68. The molecule has 1 aromatic carbocycles. The molecule has 0 unspecified atom stereocenters. The molecule has 0 saturated heterocycles. The van der Waals surface area contributed by atoms with Crippen molar-refractivity contribution in [1.82, 2.24) is 0 Å². The molecule has 1 saturated carbocycles. The molecule has 0 spiro atoms. The molecule has 1 nitrogen and oxygen atoms in total. The molecular formula is C10H5Cl5O. The largest absolute Gasteiger partial charge is 0.281 e. The van der Waals surface area contributed by atoms with Crippen molar-refractivity contribution in [2.45, 2.75) is 10.3 Å². The van der Waals surface area contributed by atoms with Crippen LogP contribution in [0.1, 0.15) is 11.5 Å². The van der Waals surface area contributed by atoms with Gasteiger partial charge in [-0.05, 0) is 35.4 Å². The van der Waals surface area contributed by atoms with E-state index >= 15 is 0 Å². The molecule has 86 valence electrons. The summed E-state index contributed by atoms with van der Waals surface area (Å²) in [6.07, 6.45) is 0. The van der Waals surface area contributed by atoms with Crippen molar-refractivity contribution >= 4 is 63.2 Å². The molecule has 1 aromatic rings. The van der Waals surface area contributed by atoms with Crippen molar-refractivity contribution < 1.29 is 4.79 Å². The van der Waals surface area contributed by atoms with Gasteiger partial charge in [-0.3, -0.25) is 4.79 Å². The van der Waals surface area contributed by atoms with E-state index in [1.54, 1.807) is 18.2 Å². The lowest BCUT2D eigenvalue weighted by atomic mass is 10.1. The lowest BCUT2D eigenvalue weighted by molar-refractivity contribution is -0.112. The number of carbonyl (C=O) groups is 1. The van der Waals surface area contributed by atoms with Crippen LogP contribution in [0.5, 0.6) is 0 Å². The zero-order valence-electron chi connectivity index (χ0n) is 7.68. The van der Waals surface area contributed by atoms with Gasteiger partial charge in [-0.1, -0.05) is 23.2 Å². The number of alkyl halides is 2. The predicted molar refractivity (Wildman–Crippen MR) is 68.0 cm³/mol.